The molecule has 3 aliphatic heterocycles. The van der Waals surface area contributed by atoms with Gasteiger partial charge in [0.25, 0.3) is 0 Å². The number of pyridine rings is 1. The van der Waals surface area contributed by atoms with E-state index in [0.29, 0.717) is 0 Å². The molecule has 3 aliphatic rings. The first-order valence-electron chi connectivity index (χ1n) is 15.9. The molecule has 9 rings (SSSR count). The first-order valence-corrected chi connectivity index (χ1v) is 15.9. The van der Waals surface area contributed by atoms with Crippen molar-refractivity contribution in [3.63, 3.8) is 0 Å². The van der Waals surface area contributed by atoms with E-state index in [0.717, 1.165) is 44.8 Å². The highest BCUT2D eigenvalue weighted by Gasteiger charge is 2.24. The fourth-order valence-corrected chi connectivity index (χ4v) is 6.89. The fraction of sp³-hybridized carbons (Fsp3) is 0.0714. The predicted octanol–water partition coefficient (Wildman–Crippen LogP) is 10.4. The van der Waals surface area contributed by atoms with E-state index in [4.69, 9.17) is 4.98 Å². The molecular formula is C42H32N4. The second-order valence-corrected chi connectivity index (χ2v) is 12.2. The van der Waals surface area contributed by atoms with Gasteiger partial charge in [-0.05, 0) is 45.5 Å². The van der Waals surface area contributed by atoms with E-state index in [1.165, 1.54) is 27.8 Å². The molecule has 4 heteroatoms. The summed E-state index contributed by atoms with van der Waals surface area (Å²) in [5.41, 5.74) is 13.7. The summed E-state index contributed by atoms with van der Waals surface area (Å²) in [7, 11) is 0. The summed E-state index contributed by atoms with van der Waals surface area (Å²) in [6.45, 7) is 0. The van der Waals surface area contributed by atoms with Crippen LogP contribution in [-0.4, -0.2) is 4.98 Å². The Balaban J connectivity index is 1.03. The van der Waals surface area contributed by atoms with Gasteiger partial charge in [-0.1, -0.05) is 146 Å². The van der Waals surface area contributed by atoms with Crippen molar-refractivity contribution in [1.82, 2.24) is 4.98 Å². The van der Waals surface area contributed by atoms with E-state index < -0.39 is 0 Å². The van der Waals surface area contributed by atoms with Gasteiger partial charge in [0, 0.05) is 10.9 Å². The molecule has 4 nitrogen and oxygen atoms in total. The van der Waals surface area contributed by atoms with Crippen LogP contribution in [0.2, 0.25) is 0 Å². The van der Waals surface area contributed by atoms with Gasteiger partial charge in [-0.2, -0.15) is 0 Å². The summed E-state index contributed by atoms with van der Waals surface area (Å²) < 4.78 is 0. The molecule has 0 spiro atoms. The van der Waals surface area contributed by atoms with Crippen LogP contribution in [0.3, 0.4) is 0 Å². The lowest BCUT2D eigenvalue weighted by Gasteiger charge is -2.30. The lowest BCUT2D eigenvalue weighted by Crippen LogP contribution is -2.18. The molecule has 220 valence electrons. The van der Waals surface area contributed by atoms with Gasteiger partial charge in [-0.3, -0.25) is 0 Å². The topological polar surface area (TPSA) is 49.0 Å². The van der Waals surface area contributed by atoms with Crippen molar-refractivity contribution >= 4 is 46.2 Å². The van der Waals surface area contributed by atoms with E-state index in [1.807, 2.05) is 0 Å². The molecular weight excluding hydrogens is 560 g/mol. The second kappa shape index (κ2) is 10.9. The molecule has 0 bridgehead atoms. The van der Waals surface area contributed by atoms with Gasteiger partial charge in [-0.25, -0.2) is 4.98 Å². The number of benzene rings is 5. The molecule has 3 N–H and O–H groups in total. The summed E-state index contributed by atoms with van der Waals surface area (Å²) in [5.74, 6) is 0. The lowest BCUT2D eigenvalue weighted by atomic mass is 9.93. The zero-order valence-electron chi connectivity index (χ0n) is 25.2. The Morgan fingerprint density at radius 2 is 0.935 bits per heavy atom. The minimum atomic E-state index is 0.0356. The Kier molecular flexibility index (Phi) is 6.31. The Hall–Kier alpha value is -5.87. The Morgan fingerprint density at radius 3 is 1.57 bits per heavy atom. The van der Waals surface area contributed by atoms with E-state index in [-0.39, 0.29) is 18.1 Å². The van der Waals surface area contributed by atoms with Crippen LogP contribution >= 0.6 is 0 Å². The average molecular weight is 593 g/mol. The van der Waals surface area contributed by atoms with Crippen molar-refractivity contribution in [2.24, 2.45) is 0 Å². The number of nitrogens with zero attached hydrogens (tertiary/aromatic N) is 1. The van der Waals surface area contributed by atoms with E-state index in [9.17, 15) is 0 Å². The summed E-state index contributed by atoms with van der Waals surface area (Å²) in [5, 5.41) is 12.6. The lowest BCUT2D eigenvalue weighted by molar-refractivity contribution is 0.955. The third-order valence-electron chi connectivity index (χ3n) is 9.33. The Labute approximate surface area is 268 Å². The van der Waals surface area contributed by atoms with Gasteiger partial charge >= 0.3 is 0 Å². The summed E-state index contributed by atoms with van der Waals surface area (Å²) in [6, 6.07) is 43.3. The van der Waals surface area contributed by atoms with Crippen LogP contribution in [0, 0.1) is 0 Å². The second-order valence-electron chi connectivity index (χ2n) is 12.2. The smallest absolute Gasteiger partial charge is 0.0947 e. The molecule has 0 fully saturated rings. The minimum Gasteiger partial charge on any atom is -0.373 e. The molecule has 46 heavy (non-hydrogen) atoms. The minimum absolute atomic E-state index is 0.0356. The molecule has 1 aromatic heterocycles. The fourth-order valence-electron chi connectivity index (χ4n) is 6.89. The van der Waals surface area contributed by atoms with Crippen LogP contribution in [0.25, 0.3) is 40.4 Å². The maximum atomic E-state index is 5.25. The number of hydrogen-bond acceptors (Lipinski definition) is 4. The number of rotatable bonds is 4. The molecule has 5 aromatic carbocycles. The summed E-state index contributed by atoms with van der Waals surface area (Å²) in [6.07, 6.45) is 13.4. The number of hydrogen-bond donors (Lipinski definition) is 3. The van der Waals surface area contributed by atoms with E-state index >= 15 is 0 Å². The highest BCUT2D eigenvalue weighted by atomic mass is 15.0. The predicted molar refractivity (Wildman–Crippen MR) is 193 cm³/mol. The molecule has 3 atom stereocenters. The van der Waals surface area contributed by atoms with Gasteiger partial charge in [0.05, 0.1) is 46.4 Å². The molecule has 3 unspecified atom stereocenters. The molecule has 6 aromatic rings. The maximum Gasteiger partial charge on any atom is 0.0947 e. The van der Waals surface area contributed by atoms with Crippen LogP contribution in [-0.2, 0) is 0 Å². The molecule has 0 aliphatic carbocycles. The third-order valence-corrected chi connectivity index (χ3v) is 9.33. The first kappa shape index (κ1) is 26.5. The molecule has 4 heterocycles. The molecule has 0 amide bonds. The monoisotopic (exact) mass is 592 g/mol. The van der Waals surface area contributed by atoms with Crippen LogP contribution in [0.5, 0.6) is 0 Å². The van der Waals surface area contributed by atoms with Crippen molar-refractivity contribution in [2.75, 3.05) is 16.0 Å². The number of fused-ring (bicyclic) bond motifs is 6. The van der Waals surface area contributed by atoms with Crippen molar-refractivity contribution in [2.45, 2.75) is 18.1 Å². The molecule has 0 saturated carbocycles. The normalized spacial score (nSPS) is 18.9. The number of nitrogens with one attached hydrogen (secondary N) is 3. The number of anilines is 3. The van der Waals surface area contributed by atoms with Gasteiger partial charge in [0.15, 0.2) is 0 Å². The Morgan fingerprint density at radius 1 is 0.435 bits per heavy atom. The van der Waals surface area contributed by atoms with Gasteiger partial charge in [0.1, 0.15) is 0 Å². The first-order chi connectivity index (χ1) is 22.8. The summed E-state index contributed by atoms with van der Waals surface area (Å²) in [4.78, 5) is 5.25. The van der Waals surface area contributed by atoms with Crippen molar-refractivity contribution in [1.29, 1.82) is 0 Å². The van der Waals surface area contributed by atoms with E-state index in [1.54, 1.807) is 0 Å². The maximum absolute atomic E-state index is 5.25. The number of aromatic nitrogens is 1. The van der Waals surface area contributed by atoms with Gasteiger partial charge in [-0.15, -0.1) is 0 Å². The highest BCUT2D eigenvalue weighted by Crippen LogP contribution is 2.43. The van der Waals surface area contributed by atoms with Crippen molar-refractivity contribution in [3.05, 3.63) is 173 Å². The SMILES string of the molecule is C1=CC(c2ccccc2)Nc2c1ccc1c2NC(c2cccc(-c3ccc4ccc5c(c4n3)NC(c3ccccc3)C=C5)c2)C=C1. The summed E-state index contributed by atoms with van der Waals surface area (Å²) >= 11 is 0. The van der Waals surface area contributed by atoms with Crippen molar-refractivity contribution < 1.29 is 0 Å². The zero-order chi connectivity index (χ0) is 30.5. The quantitative estimate of drug-likeness (QED) is 0.191. The van der Waals surface area contributed by atoms with Crippen molar-refractivity contribution in [3.8, 4) is 11.3 Å². The van der Waals surface area contributed by atoms with Crippen LogP contribution < -0.4 is 16.0 Å². The molecule has 0 radical (unpaired) electrons. The van der Waals surface area contributed by atoms with Gasteiger partial charge in [0.2, 0.25) is 0 Å². The van der Waals surface area contributed by atoms with E-state index in [2.05, 4.69) is 174 Å². The zero-order valence-corrected chi connectivity index (χ0v) is 25.2. The molecule has 0 saturated heterocycles. The third kappa shape index (κ3) is 4.67. The van der Waals surface area contributed by atoms with Gasteiger partial charge < -0.3 is 16.0 Å². The largest absolute Gasteiger partial charge is 0.373 e. The highest BCUT2D eigenvalue weighted by molar-refractivity contribution is 5.97. The Bertz CT molecular complexity index is 2200. The van der Waals surface area contributed by atoms with Crippen LogP contribution in [0.15, 0.2) is 140 Å². The standard InChI is InChI=1S/C42H32N4/c1-3-8-27(9-4-1)35-22-18-29-14-16-31-20-24-37(45-41(31)39(29)43-35)33-12-7-13-34(26-33)38-25-21-32-17-15-30-19-23-36(28-10-5-2-6-11-28)44-40(30)42(32)46-38/h1-26,35-37,43-45H. The van der Waals surface area contributed by atoms with Crippen LogP contribution in [0.1, 0.15) is 51.5 Å². The van der Waals surface area contributed by atoms with Crippen LogP contribution in [0.4, 0.5) is 17.1 Å². The average Bonchev–Trinajstić information content (AvgIpc) is 3.14.